The van der Waals surface area contributed by atoms with Crippen LogP contribution in [0, 0.1) is 6.92 Å². The molecule has 0 aliphatic carbocycles. The molecule has 0 N–H and O–H groups in total. The van der Waals surface area contributed by atoms with Gasteiger partial charge in [-0.3, -0.25) is 0 Å². The summed E-state index contributed by atoms with van der Waals surface area (Å²) in [7, 11) is 0. The Labute approximate surface area is 137 Å². The van der Waals surface area contributed by atoms with Gasteiger partial charge in [0, 0.05) is 6.21 Å². The molecule has 0 bridgehead atoms. The van der Waals surface area contributed by atoms with Crippen LogP contribution >= 0.6 is 11.3 Å². The minimum absolute atomic E-state index is 0.293. The monoisotopic (exact) mass is 322 g/mol. The van der Waals surface area contributed by atoms with E-state index in [9.17, 15) is 0 Å². The molecular weight excluding hydrogens is 308 g/mol. The Bertz CT molecular complexity index is 928. The van der Waals surface area contributed by atoms with E-state index in [4.69, 9.17) is 9.47 Å². The maximum absolute atomic E-state index is 5.36. The zero-order chi connectivity index (χ0) is 15.6. The summed E-state index contributed by atoms with van der Waals surface area (Å²) in [6, 6.07) is 12.1. The summed E-state index contributed by atoms with van der Waals surface area (Å²) in [5.41, 5.74) is 3.27. The number of aryl methyl sites for hydroxylation is 1. The number of aliphatic imine (C=N–C) groups is 1. The molecule has 1 aliphatic heterocycles. The van der Waals surface area contributed by atoms with Crippen molar-refractivity contribution in [2.75, 3.05) is 6.79 Å². The largest absolute Gasteiger partial charge is 0.454 e. The van der Waals surface area contributed by atoms with Crippen LogP contribution in [0.4, 0.5) is 5.13 Å². The van der Waals surface area contributed by atoms with Gasteiger partial charge in [-0.05, 0) is 48.4 Å². The molecule has 0 unspecified atom stereocenters. The molecular formula is C18H14N2O2S. The molecule has 0 radical (unpaired) electrons. The molecule has 0 saturated heterocycles. The SMILES string of the molecule is Cc1ccc2nc(N=C/C=C/c3ccc4c(c3)OCO4)sc2c1. The standard InChI is InChI=1S/C18H14N2O2S/c1-12-4-6-14-17(9-12)23-18(20-14)19-8-2-3-13-5-7-15-16(10-13)22-11-21-15/h2-10H,11H2,1H3/b3-2+,19-8?. The second kappa shape index (κ2) is 5.85. The lowest BCUT2D eigenvalue weighted by Gasteiger charge is -1.96. The Balaban J connectivity index is 1.49. The highest BCUT2D eigenvalue weighted by molar-refractivity contribution is 7.22. The van der Waals surface area contributed by atoms with E-state index in [0.717, 1.165) is 32.4 Å². The van der Waals surface area contributed by atoms with Gasteiger partial charge < -0.3 is 9.47 Å². The number of nitrogens with zero attached hydrogens (tertiary/aromatic N) is 2. The van der Waals surface area contributed by atoms with Crippen molar-refractivity contribution in [3.63, 3.8) is 0 Å². The quantitative estimate of drug-likeness (QED) is 0.654. The molecule has 0 atom stereocenters. The number of thiazole rings is 1. The first-order valence-corrected chi connectivity index (χ1v) is 8.07. The Morgan fingerprint density at radius 2 is 2.04 bits per heavy atom. The van der Waals surface area contributed by atoms with Gasteiger partial charge in [-0.2, -0.15) is 0 Å². The lowest BCUT2D eigenvalue weighted by molar-refractivity contribution is 0.174. The van der Waals surface area contributed by atoms with E-state index < -0.39 is 0 Å². The van der Waals surface area contributed by atoms with Crippen molar-refractivity contribution in [1.29, 1.82) is 0 Å². The lowest BCUT2D eigenvalue weighted by Crippen LogP contribution is -1.92. The zero-order valence-electron chi connectivity index (χ0n) is 12.5. The van der Waals surface area contributed by atoms with Crippen molar-refractivity contribution in [2.24, 2.45) is 4.99 Å². The highest BCUT2D eigenvalue weighted by atomic mass is 32.1. The second-order valence-electron chi connectivity index (χ2n) is 5.22. The van der Waals surface area contributed by atoms with Gasteiger partial charge in [-0.15, -0.1) is 0 Å². The summed E-state index contributed by atoms with van der Waals surface area (Å²) in [5, 5.41) is 0.765. The van der Waals surface area contributed by atoms with Gasteiger partial charge in [-0.1, -0.05) is 29.5 Å². The molecule has 0 spiro atoms. The lowest BCUT2D eigenvalue weighted by atomic mass is 10.2. The molecule has 4 rings (SSSR count). The fraction of sp³-hybridized carbons (Fsp3) is 0.111. The summed E-state index contributed by atoms with van der Waals surface area (Å²) >= 11 is 1.59. The number of hydrogen-bond donors (Lipinski definition) is 0. The van der Waals surface area contributed by atoms with Gasteiger partial charge in [0.25, 0.3) is 0 Å². The predicted molar refractivity (Wildman–Crippen MR) is 94.1 cm³/mol. The zero-order valence-corrected chi connectivity index (χ0v) is 13.3. The van der Waals surface area contributed by atoms with Crippen LogP contribution in [0.15, 0.2) is 47.5 Å². The number of rotatable bonds is 3. The van der Waals surface area contributed by atoms with Crippen LogP contribution in [0.2, 0.25) is 0 Å². The summed E-state index contributed by atoms with van der Waals surface area (Å²) in [6.07, 6.45) is 5.63. The third-order valence-electron chi connectivity index (χ3n) is 3.49. The van der Waals surface area contributed by atoms with E-state index in [0.29, 0.717) is 6.79 Å². The van der Waals surface area contributed by atoms with Gasteiger partial charge in [0.2, 0.25) is 11.9 Å². The average Bonchev–Trinajstić information content (AvgIpc) is 3.16. The van der Waals surface area contributed by atoms with Crippen molar-refractivity contribution in [3.8, 4) is 11.5 Å². The highest BCUT2D eigenvalue weighted by Crippen LogP contribution is 2.32. The second-order valence-corrected chi connectivity index (χ2v) is 6.23. The molecule has 2 heterocycles. The third kappa shape index (κ3) is 2.96. The van der Waals surface area contributed by atoms with Crippen molar-refractivity contribution in [1.82, 2.24) is 4.98 Å². The summed E-state index contributed by atoms with van der Waals surface area (Å²) < 4.78 is 11.8. The molecule has 3 aromatic rings. The van der Waals surface area contributed by atoms with Gasteiger partial charge in [-0.25, -0.2) is 9.98 Å². The van der Waals surface area contributed by atoms with Gasteiger partial charge in [0.05, 0.1) is 10.2 Å². The molecule has 23 heavy (non-hydrogen) atoms. The van der Waals surface area contributed by atoms with Gasteiger partial charge in [0.1, 0.15) is 0 Å². The summed E-state index contributed by atoms with van der Waals surface area (Å²) in [4.78, 5) is 8.90. The molecule has 1 aromatic heterocycles. The Hall–Kier alpha value is -2.66. The van der Waals surface area contributed by atoms with Crippen LogP contribution in [-0.2, 0) is 0 Å². The van der Waals surface area contributed by atoms with E-state index in [2.05, 4.69) is 29.0 Å². The Morgan fingerprint density at radius 1 is 1.13 bits per heavy atom. The molecule has 0 amide bonds. The van der Waals surface area contributed by atoms with Crippen LogP contribution < -0.4 is 9.47 Å². The molecule has 5 heteroatoms. The number of benzene rings is 2. The Kier molecular flexibility index (Phi) is 3.55. The number of ether oxygens (including phenoxy) is 2. The minimum Gasteiger partial charge on any atom is -0.454 e. The van der Waals surface area contributed by atoms with Crippen LogP contribution in [-0.4, -0.2) is 18.0 Å². The fourth-order valence-electron chi connectivity index (χ4n) is 2.35. The first kappa shape index (κ1) is 14.0. The number of hydrogen-bond acceptors (Lipinski definition) is 5. The highest BCUT2D eigenvalue weighted by Gasteiger charge is 2.11. The van der Waals surface area contributed by atoms with Crippen molar-refractivity contribution in [3.05, 3.63) is 53.6 Å². The minimum atomic E-state index is 0.293. The number of allylic oxidation sites excluding steroid dienone is 1. The van der Waals surface area contributed by atoms with Gasteiger partial charge in [0.15, 0.2) is 11.5 Å². The first-order chi connectivity index (χ1) is 11.3. The van der Waals surface area contributed by atoms with E-state index in [-0.39, 0.29) is 0 Å². The normalized spacial score (nSPS) is 13.6. The van der Waals surface area contributed by atoms with E-state index in [1.807, 2.05) is 36.4 Å². The van der Waals surface area contributed by atoms with Crippen LogP contribution in [0.25, 0.3) is 16.3 Å². The number of aromatic nitrogens is 1. The van der Waals surface area contributed by atoms with E-state index in [1.165, 1.54) is 5.56 Å². The van der Waals surface area contributed by atoms with E-state index >= 15 is 0 Å². The molecule has 0 fully saturated rings. The fourth-order valence-corrected chi connectivity index (χ4v) is 3.27. The average molecular weight is 322 g/mol. The van der Waals surface area contributed by atoms with Crippen LogP contribution in [0.5, 0.6) is 11.5 Å². The predicted octanol–water partition coefficient (Wildman–Crippen LogP) is 4.75. The molecule has 2 aromatic carbocycles. The first-order valence-electron chi connectivity index (χ1n) is 7.25. The molecule has 4 nitrogen and oxygen atoms in total. The molecule has 0 saturated carbocycles. The van der Waals surface area contributed by atoms with Crippen molar-refractivity contribution >= 4 is 39.0 Å². The summed E-state index contributed by atoms with van der Waals surface area (Å²) in [5.74, 6) is 1.58. The van der Waals surface area contributed by atoms with Crippen molar-refractivity contribution < 1.29 is 9.47 Å². The van der Waals surface area contributed by atoms with Crippen LogP contribution in [0.1, 0.15) is 11.1 Å². The Morgan fingerprint density at radius 3 is 3.00 bits per heavy atom. The topological polar surface area (TPSA) is 43.7 Å². The molecule has 114 valence electrons. The third-order valence-corrected chi connectivity index (χ3v) is 4.42. The molecule has 1 aliphatic rings. The maximum atomic E-state index is 5.36. The van der Waals surface area contributed by atoms with Crippen LogP contribution in [0.3, 0.4) is 0 Å². The number of fused-ring (bicyclic) bond motifs is 2. The smallest absolute Gasteiger partial charge is 0.231 e. The maximum Gasteiger partial charge on any atom is 0.231 e. The van der Waals surface area contributed by atoms with E-state index in [1.54, 1.807) is 17.6 Å². The summed E-state index contributed by atoms with van der Waals surface area (Å²) in [6.45, 7) is 2.37. The van der Waals surface area contributed by atoms with Gasteiger partial charge >= 0.3 is 0 Å². The van der Waals surface area contributed by atoms with Crippen molar-refractivity contribution in [2.45, 2.75) is 6.92 Å².